The van der Waals surface area contributed by atoms with E-state index in [-0.39, 0.29) is 23.5 Å². The number of rotatable bonds is 10. The van der Waals surface area contributed by atoms with Crippen molar-refractivity contribution in [2.75, 3.05) is 0 Å². The molecule has 5 rings (SSSR count). The quantitative estimate of drug-likeness (QED) is 0.501. The molecule has 2 fully saturated rings. The molecule has 2 aliphatic rings. The van der Waals surface area contributed by atoms with Gasteiger partial charge in [-0.25, -0.2) is 4.79 Å². The van der Waals surface area contributed by atoms with Crippen molar-refractivity contribution in [3.05, 3.63) is 70.1 Å². The maximum absolute atomic E-state index is 13.2. The van der Waals surface area contributed by atoms with E-state index in [2.05, 4.69) is 12.2 Å². The molecular weight excluding hydrogens is 428 g/mol. The monoisotopic (exact) mass is 460 g/mol. The van der Waals surface area contributed by atoms with Gasteiger partial charge in [-0.15, -0.1) is 0 Å². The molecule has 0 radical (unpaired) electrons. The van der Waals surface area contributed by atoms with E-state index in [1.165, 1.54) is 0 Å². The van der Waals surface area contributed by atoms with E-state index in [0.29, 0.717) is 37.7 Å². The lowest BCUT2D eigenvalue weighted by molar-refractivity contribution is -0.132. The highest BCUT2D eigenvalue weighted by atomic mass is 16.2. The van der Waals surface area contributed by atoms with E-state index in [9.17, 15) is 14.4 Å². The minimum atomic E-state index is -0.0473. The Morgan fingerprint density at radius 1 is 0.941 bits per heavy atom. The average Bonchev–Trinajstić information content (AvgIpc) is 3.77. The first-order valence-electron chi connectivity index (χ1n) is 12.4. The smallest absolute Gasteiger partial charge is 0.329 e. The Hall–Kier alpha value is -3.35. The highest BCUT2D eigenvalue weighted by Crippen LogP contribution is 2.29. The van der Waals surface area contributed by atoms with Gasteiger partial charge in [-0.2, -0.15) is 0 Å². The molecule has 2 aliphatic carbocycles. The first-order chi connectivity index (χ1) is 16.5. The van der Waals surface area contributed by atoms with Gasteiger partial charge in [0.25, 0.3) is 5.91 Å². The molecule has 7 heteroatoms. The number of nitrogens with one attached hydrogen (secondary N) is 1. The maximum Gasteiger partial charge on any atom is 0.329 e. The molecule has 2 saturated carbocycles. The lowest BCUT2D eigenvalue weighted by atomic mass is 10.1. The normalized spacial score (nSPS) is 15.4. The van der Waals surface area contributed by atoms with Crippen LogP contribution in [0.1, 0.15) is 61.4 Å². The molecule has 2 amide bonds. The molecule has 1 heterocycles. The van der Waals surface area contributed by atoms with Crippen molar-refractivity contribution in [3.63, 3.8) is 0 Å². The number of amides is 2. The summed E-state index contributed by atoms with van der Waals surface area (Å²) in [4.78, 5) is 40.4. The van der Waals surface area contributed by atoms with E-state index < -0.39 is 0 Å². The van der Waals surface area contributed by atoms with Crippen molar-refractivity contribution < 1.29 is 9.59 Å². The molecule has 2 aromatic carbocycles. The summed E-state index contributed by atoms with van der Waals surface area (Å²) in [5, 5.41) is 3.00. The van der Waals surface area contributed by atoms with Gasteiger partial charge >= 0.3 is 5.69 Å². The van der Waals surface area contributed by atoms with Gasteiger partial charge in [0, 0.05) is 43.7 Å². The molecule has 7 nitrogen and oxygen atoms in total. The first kappa shape index (κ1) is 22.4. The number of benzene rings is 2. The Labute approximate surface area is 199 Å². The summed E-state index contributed by atoms with van der Waals surface area (Å²) in [6.45, 7) is 3.63. The maximum atomic E-state index is 13.2. The van der Waals surface area contributed by atoms with E-state index in [1.807, 2.05) is 53.4 Å². The minimum absolute atomic E-state index is 0.0307. The summed E-state index contributed by atoms with van der Waals surface area (Å²) in [6.07, 6.45) is 5.33. The lowest BCUT2D eigenvalue weighted by Crippen LogP contribution is -2.34. The fourth-order valence-electron chi connectivity index (χ4n) is 4.54. The van der Waals surface area contributed by atoms with Crippen molar-refractivity contribution in [1.29, 1.82) is 0 Å². The number of hydrogen-bond acceptors (Lipinski definition) is 3. The van der Waals surface area contributed by atoms with Crippen LogP contribution in [0.5, 0.6) is 0 Å². The number of nitrogens with zero attached hydrogens (tertiary/aromatic N) is 3. The molecule has 178 valence electrons. The number of imidazole rings is 1. The van der Waals surface area contributed by atoms with E-state index in [4.69, 9.17) is 0 Å². The van der Waals surface area contributed by atoms with Gasteiger partial charge < -0.3 is 10.2 Å². The van der Waals surface area contributed by atoms with Gasteiger partial charge in [0.2, 0.25) is 5.91 Å². The van der Waals surface area contributed by atoms with Crippen LogP contribution in [0.2, 0.25) is 0 Å². The molecule has 0 atom stereocenters. The fraction of sp³-hybridized carbons (Fsp3) is 0.444. The summed E-state index contributed by atoms with van der Waals surface area (Å²) in [6, 6.07) is 15.9. The Morgan fingerprint density at radius 2 is 1.59 bits per heavy atom. The summed E-state index contributed by atoms with van der Waals surface area (Å²) in [5.74, 6) is 0.0362. The van der Waals surface area contributed by atoms with Crippen molar-refractivity contribution >= 4 is 22.8 Å². The zero-order valence-corrected chi connectivity index (χ0v) is 19.7. The van der Waals surface area contributed by atoms with Gasteiger partial charge in [-0.05, 0) is 61.9 Å². The first-order valence-corrected chi connectivity index (χ1v) is 12.4. The standard InChI is InChI=1S/C27H32N4O3/c1-2-16-29-23-5-3-4-6-24(23)30(27(29)34)17-15-25(32)31(22-13-14-22)18-19-7-9-20(10-8-19)26(33)28-21-11-12-21/h3-10,21-22H,2,11-18H2,1H3,(H,28,33). The molecular formula is C27H32N4O3. The Kier molecular flexibility index (Phi) is 6.26. The van der Waals surface area contributed by atoms with Crippen molar-refractivity contribution in [1.82, 2.24) is 19.4 Å². The third-order valence-electron chi connectivity index (χ3n) is 6.71. The topological polar surface area (TPSA) is 76.3 Å². The predicted octanol–water partition coefficient (Wildman–Crippen LogP) is 3.69. The second-order valence-electron chi connectivity index (χ2n) is 9.52. The molecule has 34 heavy (non-hydrogen) atoms. The van der Waals surface area contributed by atoms with E-state index in [1.54, 1.807) is 9.13 Å². The molecule has 1 aromatic heterocycles. The Bertz CT molecular complexity index is 1250. The third-order valence-corrected chi connectivity index (χ3v) is 6.71. The van der Waals surface area contributed by atoms with Crippen LogP contribution in [0.15, 0.2) is 53.3 Å². The van der Waals surface area contributed by atoms with Crippen molar-refractivity contribution in [3.8, 4) is 0 Å². The largest absolute Gasteiger partial charge is 0.349 e. The highest BCUT2D eigenvalue weighted by molar-refractivity contribution is 5.94. The number of fused-ring (bicyclic) bond motifs is 1. The van der Waals surface area contributed by atoms with Crippen LogP contribution in [-0.4, -0.2) is 37.9 Å². The van der Waals surface area contributed by atoms with E-state index >= 15 is 0 Å². The number of aryl methyl sites for hydroxylation is 2. The van der Waals surface area contributed by atoms with Crippen LogP contribution in [0.4, 0.5) is 0 Å². The van der Waals surface area contributed by atoms with Crippen molar-refractivity contribution in [2.24, 2.45) is 0 Å². The molecule has 0 unspecified atom stereocenters. The Balaban J connectivity index is 1.27. The molecule has 0 aliphatic heterocycles. The number of hydrogen-bond donors (Lipinski definition) is 1. The van der Waals surface area contributed by atoms with Crippen LogP contribution < -0.4 is 11.0 Å². The second-order valence-corrected chi connectivity index (χ2v) is 9.52. The predicted molar refractivity (Wildman–Crippen MR) is 132 cm³/mol. The number of carbonyl (C=O) groups excluding carboxylic acids is 2. The van der Waals surface area contributed by atoms with Gasteiger partial charge in [0.15, 0.2) is 0 Å². The second kappa shape index (κ2) is 9.49. The molecule has 0 spiro atoms. The van der Waals surface area contributed by atoms with Crippen LogP contribution in [0.3, 0.4) is 0 Å². The summed E-state index contributed by atoms with van der Waals surface area (Å²) < 4.78 is 3.54. The lowest BCUT2D eigenvalue weighted by Gasteiger charge is -2.23. The van der Waals surface area contributed by atoms with E-state index in [0.717, 1.165) is 48.7 Å². The molecule has 3 aromatic rings. The van der Waals surface area contributed by atoms with Crippen molar-refractivity contribution in [2.45, 2.75) is 77.2 Å². The van der Waals surface area contributed by atoms with Gasteiger partial charge in [0.1, 0.15) is 0 Å². The highest BCUT2D eigenvalue weighted by Gasteiger charge is 2.32. The van der Waals surface area contributed by atoms with Gasteiger partial charge in [-0.3, -0.25) is 18.7 Å². The molecule has 0 bridgehead atoms. The third kappa shape index (κ3) is 4.79. The summed E-state index contributed by atoms with van der Waals surface area (Å²) >= 11 is 0. The zero-order chi connectivity index (χ0) is 23.7. The fourth-order valence-corrected chi connectivity index (χ4v) is 4.54. The molecule has 0 saturated heterocycles. The van der Waals surface area contributed by atoms with Gasteiger partial charge in [-0.1, -0.05) is 31.2 Å². The van der Waals surface area contributed by atoms with Crippen LogP contribution in [0, 0.1) is 0 Å². The molecule has 1 N–H and O–H groups in total. The SMILES string of the molecule is CCCn1c(=O)n(CCC(=O)N(Cc2ccc(C(=O)NC3CC3)cc2)C2CC2)c2ccccc21. The zero-order valence-electron chi connectivity index (χ0n) is 19.7. The Morgan fingerprint density at radius 3 is 2.18 bits per heavy atom. The van der Waals surface area contributed by atoms with Crippen LogP contribution in [0.25, 0.3) is 11.0 Å². The number of para-hydroxylation sites is 2. The summed E-state index contributed by atoms with van der Waals surface area (Å²) in [5.41, 5.74) is 3.43. The van der Waals surface area contributed by atoms with Crippen LogP contribution >= 0.6 is 0 Å². The minimum Gasteiger partial charge on any atom is -0.349 e. The van der Waals surface area contributed by atoms with Crippen LogP contribution in [-0.2, 0) is 24.4 Å². The number of carbonyl (C=O) groups is 2. The number of aromatic nitrogens is 2. The average molecular weight is 461 g/mol. The summed E-state index contributed by atoms with van der Waals surface area (Å²) in [7, 11) is 0. The van der Waals surface area contributed by atoms with Gasteiger partial charge in [0.05, 0.1) is 11.0 Å².